The number of hydrogen-bond acceptors (Lipinski definition) is 2. The van der Waals surface area contributed by atoms with E-state index in [1.54, 1.807) is 0 Å². The molecular weight excluding hydrogens is 268 g/mol. The monoisotopic (exact) mass is 300 g/mol. The van der Waals surface area contributed by atoms with E-state index in [1.807, 2.05) is 48.5 Å². The minimum absolute atomic E-state index is 0.0438. The lowest BCUT2D eigenvalue weighted by molar-refractivity contribution is -0.147. The zero-order valence-corrected chi connectivity index (χ0v) is 14.5. The highest BCUT2D eigenvalue weighted by atomic mass is 16.4. The van der Waals surface area contributed by atoms with Crippen LogP contribution in [0.4, 0.5) is 0 Å². The van der Waals surface area contributed by atoms with Gasteiger partial charge in [0.15, 0.2) is 0 Å². The molecule has 4 heteroatoms. The van der Waals surface area contributed by atoms with Gasteiger partial charge in [0, 0.05) is 0 Å². The molecule has 0 radical (unpaired) electrons. The summed E-state index contributed by atoms with van der Waals surface area (Å²) in [5, 5.41) is 18.9. The van der Waals surface area contributed by atoms with E-state index in [0.717, 1.165) is 0 Å². The highest BCUT2D eigenvalue weighted by molar-refractivity contribution is 5.71. The molecule has 0 aliphatic carbocycles. The number of carbonyl (C=O) groups is 2. The number of carboxylic acids is 2. The van der Waals surface area contributed by atoms with Crippen molar-refractivity contribution in [2.24, 2.45) is 35.0 Å². The smallest absolute Gasteiger partial charge is 0.306 e. The van der Waals surface area contributed by atoms with Crippen molar-refractivity contribution in [2.75, 3.05) is 0 Å². The SMILES string of the molecule is CC(C)CC(C(=O)O)C(C)C(C)(C)CC(C(=O)O)C(C)C. The fourth-order valence-electron chi connectivity index (χ4n) is 2.93. The van der Waals surface area contributed by atoms with Gasteiger partial charge >= 0.3 is 11.9 Å². The Labute approximate surface area is 128 Å². The lowest BCUT2D eigenvalue weighted by Crippen LogP contribution is -2.37. The average Bonchev–Trinajstić information content (AvgIpc) is 2.30. The first kappa shape index (κ1) is 19.9. The maximum Gasteiger partial charge on any atom is 0.306 e. The second-order valence-corrected chi connectivity index (χ2v) is 7.74. The molecule has 4 nitrogen and oxygen atoms in total. The van der Waals surface area contributed by atoms with Crippen molar-refractivity contribution < 1.29 is 19.8 Å². The van der Waals surface area contributed by atoms with E-state index in [4.69, 9.17) is 0 Å². The summed E-state index contributed by atoms with van der Waals surface area (Å²) in [6.07, 6.45) is 1.13. The Balaban J connectivity index is 5.17. The molecule has 0 bridgehead atoms. The van der Waals surface area contributed by atoms with Crippen LogP contribution in [0.3, 0.4) is 0 Å². The summed E-state index contributed by atoms with van der Waals surface area (Å²) in [4.78, 5) is 23.0. The molecule has 0 aliphatic heterocycles. The second-order valence-electron chi connectivity index (χ2n) is 7.74. The van der Waals surface area contributed by atoms with E-state index in [0.29, 0.717) is 18.8 Å². The standard InChI is InChI=1S/C17H32O4/c1-10(2)8-13(15(18)19)12(5)17(6,7)9-14(11(3)4)16(20)21/h10-14H,8-9H2,1-7H3,(H,18,19)(H,20,21). The van der Waals surface area contributed by atoms with Gasteiger partial charge in [-0.15, -0.1) is 0 Å². The van der Waals surface area contributed by atoms with Crippen molar-refractivity contribution in [3.05, 3.63) is 0 Å². The molecule has 0 aromatic carbocycles. The Morgan fingerprint density at radius 1 is 0.905 bits per heavy atom. The van der Waals surface area contributed by atoms with Crippen LogP contribution in [0.1, 0.15) is 61.3 Å². The van der Waals surface area contributed by atoms with Crippen molar-refractivity contribution >= 4 is 11.9 Å². The van der Waals surface area contributed by atoms with Gasteiger partial charge in [-0.3, -0.25) is 9.59 Å². The molecule has 3 unspecified atom stereocenters. The van der Waals surface area contributed by atoms with Gasteiger partial charge in [0.25, 0.3) is 0 Å². The van der Waals surface area contributed by atoms with E-state index in [9.17, 15) is 19.8 Å². The van der Waals surface area contributed by atoms with Crippen LogP contribution in [0.15, 0.2) is 0 Å². The Morgan fingerprint density at radius 2 is 1.33 bits per heavy atom. The molecule has 2 N–H and O–H groups in total. The first-order chi connectivity index (χ1) is 9.40. The summed E-state index contributed by atoms with van der Waals surface area (Å²) in [7, 11) is 0. The molecule has 0 fully saturated rings. The molecule has 0 aliphatic rings. The third-order valence-electron chi connectivity index (χ3n) is 4.75. The first-order valence-electron chi connectivity index (χ1n) is 7.85. The average molecular weight is 300 g/mol. The molecule has 21 heavy (non-hydrogen) atoms. The molecule has 124 valence electrons. The van der Waals surface area contributed by atoms with E-state index in [2.05, 4.69) is 0 Å². The van der Waals surface area contributed by atoms with Gasteiger partial charge in [-0.2, -0.15) is 0 Å². The van der Waals surface area contributed by atoms with Gasteiger partial charge < -0.3 is 10.2 Å². The highest BCUT2D eigenvalue weighted by Crippen LogP contribution is 2.41. The van der Waals surface area contributed by atoms with E-state index < -0.39 is 23.8 Å². The van der Waals surface area contributed by atoms with E-state index in [1.165, 1.54) is 0 Å². The summed E-state index contributed by atoms with van der Waals surface area (Å²) in [5.74, 6) is -2.15. The van der Waals surface area contributed by atoms with Crippen molar-refractivity contribution in [3.8, 4) is 0 Å². The Morgan fingerprint density at radius 3 is 1.62 bits per heavy atom. The Hall–Kier alpha value is -1.06. The van der Waals surface area contributed by atoms with E-state index >= 15 is 0 Å². The number of hydrogen-bond donors (Lipinski definition) is 2. The van der Waals surface area contributed by atoms with E-state index in [-0.39, 0.29) is 17.3 Å². The summed E-state index contributed by atoms with van der Waals surface area (Å²) in [5.41, 5.74) is -0.328. The van der Waals surface area contributed by atoms with Crippen LogP contribution in [-0.4, -0.2) is 22.2 Å². The summed E-state index contributed by atoms with van der Waals surface area (Å²) < 4.78 is 0. The molecule has 0 saturated carbocycles. The summed E-state index contributed by atoms with van der Waals surface area (Å²) >= 11 is 0. The fourth-order valence-corrected chi connectivity index (χ4v) is 2.93. The Bertz CT molecular complexity index is 358. The maximum atomic E-state index is 11.6. The van der Waals surface area contributed by atoms with Gasteiger partial charge in [0.2, 0.25) is 0 Å². The normalized spacial score (nSPS) is 16.8. The third-order valence-corrected chi connectivity index (χ3v) is 4.75. The van der Waals surface area contributed by atoms with Crippen molar-refractivity contribution in [1.29, 1.82) is 0 Å². The molecule has 0 spiro atoms. The number of aliphatic carboxylic acids is 2. The summed E-state index contributed by atoms with van der Waals surface area (Å²) in [6, 6.07) is 0. The quantitative estimate of drug-likeness (QED) is 0.671. The zero-order valence-electron chi connectivity index (χ0n) is 14.5. The van der Waals surface area contributed by atoms with Gasteiger partial charge in [0.05, 0.1) is 11.8 Å². The Kier molecular flexibility index (Phi) is 7.41. The molecule has 0 saturated heterocycles. The lowest BCUT2D eigenvalue weighted by atomic mass is 9.65. The molecule has 0 amide bonds. The van der Waals surface area contributed by atoms with Crippen LogP contribution in [0.5, 0.6) is 0 Å². The topological polar surface area (TPSA) is 74.6 Å². The van der Waals surface area contributed by atoms with Gasteiger partial charge in [0.1, 0.15) is 0 Å². The van der Waals surface area contributed by atoms with Gasteiger partial charge in [-0.05, 0) is 36.0 Å². The van der Waals surface area contributed by atoms with Crippen LogP contribution < -0.4 is 0 Å². The van der Waals surface area contributed by atoms with Gasteiger partial charge in [-0.25, -0.2) is 0 Å². The molecule has 0 aromatic heterocycles. The van der Waals surface area contributed by atoms with Crippen LogP contribution in [0.25, 0.3) is 0 Å². The van der Waals surface area contributed by atoms with Crippen LogP contribution in [0, 0.1) is 35.0 Å². The van der Waals surface area contributed by atoms with Crippen molar-refractivity contribution in [3.63, 3.8) is 0 Å². The first-order valence-corrected chi connectivity index (χ1v) is 7.85. The lowest BCUT2D eigenvalue weighted by Gasteiger charge is -2.38. The second kappa shape index (κ2) is 7.81. The molecule has 3 atom stereocenters. The van der Waals surface area contributed by atoms with Gasteiger partial charge in [-0.1, -0.05) is 48.5 Å². The maximum absolute atomic E-state index is 11.6. The van der Waals surface area contributed by atoms with Crippen molar-refractivity contribution in [2.45, 2.75) is 61.3 Å². The number of rotatable bonds is 9. The van der Waals surface area contributed by atoms with Crippen molar-refractivity contribution in [1.82, 2.24) is 0 Å². The molecule has 0 aromatic rings. The zero-order chi connectivity index (χ0) is 17.0. The highest BCUT2D eigenvalue weighted by Gasteiger charge is 2.39. The fraction of sp³-hybridized carbons (Fsp3) is 0.882. The molecular formula is C17H32O4. The molecule has 0 heterocycles. The number of carboxylic acid groups (broad SMARTS) is 2. The van der Waals surface area contributed by atoms with Crippen LogP contribution in [-0.2, 0) is 9.59 Å². The summed E-state index contributed by atoms with van der Waals surface area (Å²) in [6.45, 7) is 13.8. The van der Waals surface area contributed by atoms with Crippen LogP contribution in [0.2, 0.25) is 0 Å². The minimum atomic E-state index is -0.791. The molecule has 0 rings (SSSR count). The largest absolute Gasteiger partial charge is 0.481 e. The minimum Gasteiger partial charge on any atom is -0.481 e. The van der Waals surface area contributed by atoms with Crippen LogP contribution >= 0.6 is 0 Å². The predicted molar refractivity (Wildman–Crippen MR) is 84.1 cm³/mol. The third kappa shape index (κ3) is 6.06. The predicted octanol–water partition coefficient (Wildman–Crippen LogP) is 4.14.